The van der Waals surface area contributed by atoms with Crippen LogP contribution in [0, 0.1) is 0 Å². The number of aromatic nitrogens is 1. The number of nitrogens with zero attached hydrogens (tertiary/aromatic N) is 1. The second kappa shape index (κ2) is 8.19. The van der Waals surface area contributed by atoms with Crippen LogP contribution in [0.3, 0.4) is 0 Å². The van der Waals surface area contributed by atoms with Gasteiger partial charge in [0.2, 0.25) is 0 Å². The van der Waals surface area contributed by atoms with Crippen molar-refractivity contribution in [1.82, 2.24) is 4.57 Å². The van der Waals surface area contributed by atoms with E-state index in [4.69, 9.17) is 0 Å². The molecule has 0 N–H and O–H groups in total. The van der Waals surface area contributed by atoms with Crippen LogP contribution in [0.1, 0.15) is 25.0 Å². The van der Waals surface area contributed by atoms with Crippen LogP contribution in [0.5, 0.6) is 0 Å². The third-order valence-electron chi connectivity index (χ3n) is 9.23. The summed E-state index contributed by atoms with van der Waals surface area (Å²) in [7, 11) is 0. The molecule has 2 heteroatoms. The fourth-order valence-electron chi connectivity index (χ4n) is 7.26. The van der Waals surface area contributed by atoms with Gasteiger partial charge < -0.3 is 4.57 Å². The van der Waals surface area contributed by atoms with Crippen molar-refractivity contribution in [2.24, 2.45) is 0 Å². The van der Waals surface area contributed by atoms with E-state index >= 15 is 0 Å². The first-order chi connectivity index (χ1) is 20.1. The van der Waals surface area contributed by atoms with Crippen molar-refractivity contribution in [2.75, 3.05) is 0 Å². The van der Waals surface area contributed by atoms with E-state index in [1.807, 2.05) is 11.3 Å². The van der Waals surface area contributed by atoms with Gasteiger partial charge in [0.1, 0.15) is 0 Å². The Morgan fingerprint density at radius 3 is 1.85 bits per heavy atom. The fourth-order valence-corrected chi connectivity index (χ4v) is 8.66. The number of rotatable bonds is 2. The first kappa shape index (κ1) is 23.1. The van der Waals surface area contributed by atoms with E-state index in [2.05, 4.69) is 146 Å². The Labute approximate surface area is 242 Å². The molecule has 0 unspecified atom stereocenters. The first-order valence-corrected chi connectivity index (χ1v) is 15.1. The summed E-state index contributed by atoms with van der Waals surface area (Å²) < 4.78 is 5.16. The van der Waals surface area contributed by atoms with Gasteiger partial charge in [0, 0.05) is 47.6 Å². The standard InChI is InChI=1S/C39H27NS/c1-39(2)32-15-6-3-12-31(32)36-33(39)23-22-30-29-14-9-13-26(37(29)41-38(30)36)24-18-20-25(21-19-24)40-34-16-7-4-10-27(34)28-11-5-8-17-35(28)40/h3-23H,1-2H3. The molecule has 194 valence electrons. The van der Waals surface area contributed by atoms with Crippen molar-refractivity contribution >= 4 is 53.3 Å². The van der Waals surface area contributed by atoms with E-state index in [9.17, 15) is 0 Å². The molecule has 1 aliphatic carbocycles. The highest BCUT2D eigenvalue weighted by molar-refractivity contribution is 7.27. The minimum Gasteiger partial charge on any atom is -0.309 e. The van der Waals surface area contributed by atoms with Crippen molar-refractivity contribution < 1.29 is 0 Å². The molecule has 0 amide bonds. The quantitative estimate of drug-likeness (QED) is 0.205. The van der Waals surface area contributed by atoms with Gasteiger partial charge in [0.05, 0.1) is 11.0 Å². The molecular weight excluding hydrogens is 515 g/mol. The van der Waals surface area contributed by atoms with Gasteiger partial charge in [-0.3, -0.25) is 0 Å². The monoisotopic (exact) mass is 541 g/mol. The number of para-hydroxylation sites is 2. The Balaban J connectivity index is 1.23. The molecule has 0 radical (unpaired) electrons. The zero-order valence-electron chi connectivity index (χ0n) is 23.0. The van der Waals surface area contributed by atoms with E-state index in [-0.39, 0.29) is 5.41 Å². The van der Waals surface area contributed by atoms with Crippen molar-refractivity contribution in [3.05, 3.63) is 139 Å². The minimum absolute atomic E-state index is 0.0156. The fraction of sp³-hybridized carbons (Fsp3) is 0.0769. The number of benzene rings is 6. The van der Waals surface area contributed by atoms with E-state index < -0.39 is 0 Å². The topological polar surface area (TPSA) is 4.93 Å². The Bertz CT molecular complexity index is 2280. The molecule has 0 fully saturated rings. The summed E-state index contributed by atoms with van der Waals surface area (Å²) in [5.41, 5.74) is 11.9. The van der Waals surface area contributed by atoms with Crippen LogP contribution in [-0.4, -0.2) is 4.57 Å². The van der Waals surface area contributed by atoms with Crippen molar-refractivity contribution in [1.29, 1.82) is 0 Å². The first-order valence-electron chi connectivity index (χ1n) is 14.3. The number of thiophene rings is 1. The molecule has 2 heterocycles. The van der Waals surface area contributed by atoms with E-state index in [1.54, 1.807) is 0 Å². The maximum Gasteiger partial charge on any atom is 0.0541 e. The molecule has 8 aromatic rings. The smallest absolute Gasteiger partial charge is 0.0541 e. The number of fused-ring (bicyclic) bond motifs is 10. The van der Waals surface area contributed by atoms with Gasteiger partial charge in [-0.25, -0.2) is 0 Å². The Morgan fingerprint density at radius 1 is 0.488 bits per heavy atom. The highest BCUT2D eigenvalue weighted by atomic mass is 32.1. The predicted octanol–water partition coefficient (Wildman–Crippen LogP) is 11.1. The number of hydrogen-bond acceptors (Lipinski definition) is 1. The average molecular weight is 542 g/mol. The maximum atomic E-state index is 2.39. The summed E-state index contributed by atoms with van der Waals surface area (Å²) in [5, 5.41) is 5.29. The Hall–Kier alpha value is -4.66. The van der Waals surface area contributed by atoms with Gasteiger partial charge in [0.15, 0.2) is 0 Å². The molecule has 0 saturated heterocycles. The molecule has 41 heavy (non-hydrogen) atoms. The summed E-state index contributed by atoms with van der Waals surface area (Å²) in [6, 6.07) is 47.0. The lowest BCUT2D eigenvalue weighted by Crippen LogP contribution is -2.14. The van der Waals surface area contributed by atoms with Crippen LogP contribution in [0.25, 0.3) is 69.9 Å². The molecule has 1 aliphatic rings. The third kappa shape index (κ3) is 3.06. The summed E-state index contributed by atoms with van der Waals surface area (Å²) in [4.78, 5) is 0. The van der Waals surface area contributed by atoms with Gasteiger partial charge in [-0.2, -0.15) is 0 Å². The van der Waals surface area contributed by atoms with Crippen molar-refractivity contribution in [3.63, 3.8) is 0 Å². The normalized spacial score (nSPS) is 13.8. The Kier molecular flexibility index (Phi) is 4.61. The SMILES string of the molecule is CC1(C)c2ccccc2-c2c1ccc1c2sc2c(-c3ccc(-n4c5ccccc5c5ccccc54)cc3)cccc21. The van der Waals surface area contributed by atoms with Gasteiger partial charge in [-0.1, -0.05) is 117 Å². The summed E-state index contributed by atoms with van der Waals surface area (Å²) in [6.07, 6.45) is 0. The molecule has 2 aromatic heterocycles. The Morgan fingerprint density at radius 2 is 1.10 bits per heavy atom. The summed E-state index contributed by atoms with van der Waals surface area (Å²) >= 11 is 1.95. The van der Waals surface area contributed by atoms with Crippen LogP contribution in [0.4, 0.5) is 0 Å². The van der Waals surface area contributed by atoms with E-state index in [0.717, 1.165) is 0 Å². The molecule has 0 spiro atoms. The van der Waals surface area contributed by atoms with Crippen LogP contribution in [0.2, 0.25) is 0 Å². The minimum atomic E-state index is 0.0156. The molecule has 0 bridgehead atoms. The molecule has 1 nitrogen and oxygen atoms in total. The largest absolute Gasteiger partial charge is 0.309 e. The summed E-state index contributed by atoms with van der Waals surface area (Å²) in [6.45, 7) is 4.72. The van der Waals surface area contributed by atoms with Gasteiger partial charge in [-0.15, -0.1) is 11.3 Å². The van der Waals surface area contributed by atoms with Crippen LogP contribution in [-0.2, 0) is 5.41 Å². The highest BCUT2D eigenvalue weighted by Crippen LogP contribution is 2.54. The molecule has 0 atom stereocenters. The van der Waals surface area contributed by atoms with Crippen LogP contribution < -0.4 is 0 Å². The average Bonchev–Trinajstić information content (AvgIpc) is 3.64. The van der Waals surface area contributed by atoms with Gasteiger partial charge in [-0.05, 0) is 52.1 Å². The van der Waals surface area contributed by atoms with Crippen LogP contribution in [0.15, 0.2) is 127 Å². The van der Waals surface area contributed by atoms with Crippen molar-refractivity contribution in [3.8, 4) is 27.9 Å². The summed E-state index contributed by atoms with van der Waals surface area (Å²) in [5.74, 6) is 0. The predicted molar refractivity (Wildman–Crippen MR) is 177 cm³/mol. The molecular formula is C39H27NS. The molecule has 0 aliphatic heterocycles. The number of hydrogen-bond donors (Lipinski definition) is 0. The third-order valence-corrected chi connectivity index (χ3v) is 10.5. The van der Waals surface area contributed by atoms with E-state index in [0.29, 0.717) is 0 Å². The molecule has 6 aromatic carbocycles. The van der Waals surface area contributed by atoms with Gasteiger partial charge in [0.25, 0.3) is 0 Å². The lowest BCUT2D eigenvalue weighted by Gasteiger charge is -2.21. The lowest BCUT2D eigenvalue weighted by atomic mass is 9.82. The van der Waals surface area contributed by atoms with E-state index in [1.165, 1.54) is 81.0 Å². The zero-order chi connectivity index (χ0) is 27.3. The maximum absolute atomic E-state index is 2.39. The molecule has 9 rings (SSSR count). The van der Waals surface area contributed by atoms with Crippen LogP contribution >= 0.6 is 11.3 Å². The van der Waals surface area contributed by atoms with Crippen molar-refractivity contribution in [2.45, 2.75) is 19.3 Å². The van der Waals surface area contributed by atoms with Gasteiger partial charge >= 0.3 is 0 Å². The second-order valence-electron chi connectivity index (χ2n) is 11.7. The highest BCUT2D eigenvalue weighted by Gasteiger charge is 2.36. The molecule has 0 saturated carbocycles. The zero-order valence-corrected chi connectivity index (χ0v) is 23.8. The second-order valence-corrected chi connectivity index (χ2v) is 12.8. The lowest BCUT2D eigenvalue weighted by molar-refractivity contribution is 0.661.